The summed E-state index contributed by atoms with van der Waals surface area (Å²) in [6.45, 7) is 7.70. The highest BCUT2D eigenvalue weighted by atomic mass is 32.1. The van der Waals surface area contributed by atoms with Crippen LogP contribution in [0.2, 0.25) is 0 Å². The lowest BCUT2D eigenvalue weighted by Gasteiger charge is -2.23. The topological polar surface area (TPSA) is 24.9 Å². The molecule has 102 valence electrons. The molecule has 0 amide bonds. The lowest BCUT2D eigenvalue weighted by Crippen LogP contribution is -2.37. The molecule has 1 heterocycles. The molecule has 0 spiro atoms. The fourth-order valence-electron chi connectivity index (χ4n) is 2.91. The highest BCUT2D eigenvalue weighted by Gasteiger charge is 2.25. The minimum Gasteiger partial charge on any atom is -0.313 e. The van der Waals surface area contributed by atoms with Gasteiger partial charge in [0.05, 0.1) is 10.7 Å². The molecule has 0 aromatic carbocycles. The van der Waals surface area contributed by atoms with Crippen molar-refractivity contribution in [2.75, 3.05) is 6.54 Å². The van der Waals surface area contributed by atoms with Crippen LogP contribution in [-0.2, 0) is 6.42 Å². The molecule has 1 fully saturated rings. The maximum atomic E-state index is 4.71. The second kappa shape index (κ2) is 6.67. The van der Waals surface area contributed by atoms with Crippen molar-refractivity contribution in [1.29, 1.82) is 0 Å². The monoisotopic (exact) mass is 266 g/mol. The summed E-state index contributed by atoms with van der Waals surface area (Å²) in [5.74, 6) is 0.876. The zero-order valence-electron chi connectivity index (χ0n) is 12.0. The molecule has 1 aliphatic rings. The quantitative estimate of drug-likeness (QED) is 0.845. The molecule has 0 radical (unpaired) electrons. The summed E-state index contributed by atoms with van der Waals surface area (Å²) >= 11 is 1.88. The molecular weight excluding hydrogens is 240 g/mol. The fourth-order valence-corrected chi connectivity index (χ4v) is 3.90. The minimum absolute atomic E-state index is 0.650. The van der Waals surface area contributed by atoms with E-state index < -0.39 is 0 Å². The molecule has 1 unspecified atom stereocenters. The smallest absolute Gasteiger partial charge is 0.0946 e. The Kier molecular flexibility index (Phi) is 5.19. The van der Waals surface area contributed by atoms with Crippen LogP contribution in [-0.4, -0.2) is 17.6 Å². The van der Waals surface area contributed by atoms with Crippen molar-refractivity contribution in [2.45, 2.75) is 65.3 Å². The largest absolute Gasteiger partial charge is 0.313 e. The van der Waals surface area contributed by atoms with Gasteiger partial charge in [0, 0.05) is 17.3 Å². The Labute approximate surface area is 115 Å². The Morgan fingerprint density at radius 2 is 2.06 bits per heavy atom. The normalized spacial score (nSPS) is 18.4. The number of rotatable bonds is 6. The van der Waals surface area contributed by atoms with E-state index in [2.05, 4.69) is 26.1 Å². The van der Waals surface area contributed by atoms with Gasteiger partial charge in [-0.25, -0.2) is 4.98 Å². The molecule has 18 heavy (non-hydrogen) atoms. The Hall–Kier alpha value is -0.410. The molecule has 1 atom stereocenters. The summed E-state index contributed by atoms with van der Waals surface area (Å²) in [5.41, 5.74) is 1.22. The van der Waals surface area contributed by atoms with E-state index in [4.69, 9.17) is 4.98 Å². The first kappa shape index (κ1) is 14.0. The summed E-state index contributed by atoms with van der Waals surface area (Å²) in [6, 6.07) is 0.650. The van der Waals surface area contributed by atoms with Crippen molar-refractivity contribution < 1.29 is 0 Å². The first-order chi connectivity index (χ1) is 8.70. The Morgan fingerprint density at radius 3 is 2.61 bits per heavy atom. The molecule has 2 rings (SSSR count). The number of nitrogens with zero attached hydrogens (tertiary/aromatic N) is 1. The minimum atomic E-state index is 0.650. The van der Waals surface area contributed by atoms with E-state index in [-0.39, 0.29) is 0 Å². The van der Waals surface area contributed by atoms with Crippen LogP contribution in [0.4, 0.5) is 0 Å². The summed E-state index contributed by atoms with van der Waals surface area (Å²) in [5, 5.41) is 5.08. The average molecular weight is 266 g/mol. The predicted octanol–water partition coefficient (Wildman–Crippen LogP) is 3.86. The molecule has 1 aromatic rings. The maximum absolute atomic E-state index is 4.71. The van der Waals surface area contributed by atoms with Gasteiger partial charge in [-0.1, -0.05) is 19.8 Å². The molecule has 2 nitrogen and oxygen atoms in total. The Balaban J connectivity index is 1.99. The number of aromatic nitrogens is 1. The van der Waals surface area contributed by atoms with Crippen molar-refractivity contribution >= 4 is 11.3 Å². The first-order valence-corrected chi connectivity index (χ1v) is 8.18. The molecular formula is C15H26N2S. The van der Waals surface area contributed by atoms with Gasteiger partial charge in [0.2, 0.25) is 0 Å². The Bertz CT molecular complexity index is 347. The van der Waals surface area contributed by atoms with Crippen LogP contribution in [0.1, 0.15) is 54.6 Å². The molecule has 3 heteroatoms. The predicted molar refractivity (Wildman–Crippen MR) is 79.3 cm³/mol. The summed E-state index contributed by atoms with van der Waals surface area (Å²) < 4.78 is 0. The van der Waals surface area contributed by atoms with E-state index in [1.54, 1.807) is 0 Å². The van der Waals surface area contributed by atoms with Crippen LogP contribution in [0.15, 0.2) is 0 Å². The van der Waals surface area contributed by atoms with E-state index >= 15 is 0 Å². The summed E-state index contributed by atoms with van der Waals surface area (Å²) in [6.07, 6.45) is 8.01. The molecule has 1 aromatic heterocycles. The Morgan fingerprint density at radius 1 is 1.33 bits per heavy atom. The van der Waals surface area contributed by atoms with Gasteiger partial charge in [-0.2, -0.15) is 0 Å². The summed E-state index contributed by atoms with van der Waals surface area (Å²) in [4.78, 5) is 6.09. The van der Waals surface area contributed by atoms with E-state index in [0.29, 0.717) is 6.04 Å². The molecule has 0 aliphatic heterocycles. The molecule has 1 N–H and O–H groups in total. The van der Waals surface area contributed by atoms with Crippen molar-refractivity contribution in [3.8, 4) is 0 Å². The van der Waals surface area contributed by atoms with Crippen LogP contribution in [0, 0.1) is 19.8 Å². The van der Waals surface area contributed by atoms with Crippen molar-refractivity contribution in [1.82, 2.24) is 10.3 Å². The number of thiazole rings is 1. The highest BCUT2D eigenvalue weighted by Crippen LogP contribution is 2.30. The van der Waals surface area contributed by atoms with Gasteiger partial charge in [-0.05, 0) is 45.6 Å². The second-order valence-electron chi connectivity index (χ2n) is 5.56. The van der Waals surface area contributed by atoms with Crippen LogP contribution in [0.3, 0.4) is 0 Å². The highest BCUT2D eigenvalue weighted by molar-refractivity contribution is 7.11. The third-order valence-electron chi connectivity index (χ3n) is 4.09. The number of hydrogen-bond acceptors (Lipinski definition) is 3. The van der Waals surface area contributed by atoms with Gasteiger partial charge in [0.1, 0.15) is 0 Å². The lowest BCUT2D eigenvalue weighted by molar-refractivity contribution is 0.356. The first-order valence-electron chi connectivity index (χ1n) is 7.37. The summed E-state index contributed by atoms with van der Waals surface area (Å²) in [7, 11) is 0. The lowest BCUT2D eigenvalue weighted by atomic mass is 9.95. The number of hydrogen-bond donors (Lipinski definition) is 1. The fraction of sp³-hybridized carbons (Fsp3) is 0.800. The van der Waals surface area contributed by atoms with Gasteiger partial charge < -0.3 is 5.32 Å². The third-order valence-corrected chi connectivity index (χ3v) is 5.19. The molecule has 0 saturated heterocycles. The van der Waals surface area contributed by atoms with Crippen molar-refractivity contribution in [3.63, 3.8) is 0 Å². The second-order valence-corrected chi connectivity index (χ2v) is 6.85. The van der Waals surface area contributed by atoms with Gasteiger partial charge in [-0.3, -0.25) is 0 Å². The van der Waals surface area contributed by atoms with Crippen LogP contribution in [0.25, 0.3) is 0 Å². The average Bonchev–Trinajstić information content (AvgIpc) is 2.96. The number of aryl methyl sites for hydroxylation is 2. The number of nitrogens with one attached hydrogen (secondary N) is 1. The van der Waals surface area contributed by atoms with E-state index in [9.17, 15) is 0 Å². The van der Waals surface area contributed by atoms with Gasteiger partial charge in [0.25, 0.3) is 0 Å². The zero-order chi connectivity index (χ0) is 13.0. The van der Waals surface area contributed by atoms with Gasteiger partial charge in [0.15, 0.2) is 0 Å². The van der Waals surface area contributed by atoms with Gasteiger partial charge >= 0.3 is 0 Å². The third kappa shape index (κ3) is 3.55. The molecule has 1 aliphatic carbocycles. The van der Waals surface area contributed by atoms with Crippen molar-refractivity contribution in [2.24, 2.45) is 5.92 Å². The standard InChI is InChI=1S/C15H26N2S/c1-4-9-16-14(13-7-5-6-8-13)10-15-17-11(2)12(3)18-15/h13-14,16H,4-10H2,1-3H3. The van der Waals surface area contributed by atoms with Crippen LogP contribution < -0.4 is 5.32 Å². The molecule has 1 saturated carbocycles. The van der Waals surface area contributed by atoms with E-state index in [1.807, 2.05) is 11.3 Å². The van der Waals surface area contributed by atoms with Crippen LogP contribution in [0.5, 0.6) is 0 Å². The van der Waals surface area contributed by atoms with E-state index in [0.717, 1.165) is 18.9 Å². The van der Waals surface area contributed by atoms with Crippen molar-refractivity contribution in [3.05, 3.63) is 15.6 Å². The SMILES string of the molecule is CCCNC(Cc1nc(C)c(C)s1)C1CCCC1. The van der Waals surface area contributed by atoms with E-state index in [1.165, 1.54) is 47.7 Å². The van der Waals surface area contributed by atoms with Crippen LogP contribution >= 0.6 is 11.3 Å². The molecule has 0 bridgehead atoms. The maximum Gasteiger partial charge on any atom is 0.0946 e. The van der Waals surface area contributed by atoms with Gasteiger partial charge in [-0.15, -0.1) is 11.3 Å². The zero-order valence-corrected chi connectivity index (χ0v) is 12.8.